The van der Waals surface area contributed by atoms with Crippen LogP contribution in [0.5, 0.6) is 5.75 Å². The predicted octanol–water partition coefficient (Wildman–Crippen LogP) is 4.44. The van der Waals surface area contributed by atoms with E-state index < -0.39 is 22.2 Å². The van der Waals surface area contributed by atoms with E-state index in [9.17, 15) is 26.4 Å². The summed E-state index contributed by atoms with van der Waals surface area (Å²) < 4.78 is 66.0. The molecular weight excluding hydrogens is 627 g/mol. The van der Waals surface area contributed by atoms with Gasteiger partial charge < -0.3 is 19.6 Å². The number of carbonyl (C=O) groups is 2. The summed E-state index contributed by atoms with van der Waals surface area (Å²) in [7, 11) is 1.71. The number of nitrogens with zero attached hydrogens (tertiary/aromatic N) is 3. The SMILES string of the molecule is COc1ccc2c(c1)c(CC(=O)N(C)C1CCN(C)CC1)cn2S(=O)(=O)c1ccc(Br)s1.O=C(O)C(F)(F)F. The molecule has 3 heterocycles. The summed E-state index contributed by atoms with van der Waals surface area (Å²) in [5, 5.41) is 7.83. The van der Waals surface area contributed by atoms with Crippen LogP contribution in [-0.2, 0) is 26.0 Å². The van der Waals surface area contributed by atoms with Crippen molar-refractivity contribution >= 4 is 60.1 Å². The summed E-state index contributed by atoms with van der Waals surface area (Å²) in [5.41, 5.74) is 1.20. The fourth-order valence-corrected chi connectivity index (χ4v) is 7.61. The smallest absolute Gasteiger partial charge is 0.490 e. The highest BCUT2D eigenvalue weighted by atomic mass is 79.9. The van der Waals surface area contributed by atoms with Crippen LogP contribution in [0, 0.1) is 0 Å². The molecule has 0 atom stereocenters. The number of rotatable bonds is 6. The number of alkyl halides is 3. The number of amides is 1. The van der Waals surface area contributed by atoms with E-state index in [2.05, 4.69) is 27.9 Å². The minimum atomic E-state index is -5.08. The zero-order chi connectivity index (χ0) is 29.1. The minimum absolute atomic E-state index is 0.0160. The summed E-state index contributed by atoms with van der Waals surface area (Å²) in [5.74, 6) is -2.16. The Morgan fingerprint density at radius 3 is 2.33 bits per heavy atom. The third-order valence-electron chi connectivity index (χ3n) is 6.34. The Morgan fingerprint density at radius 2 is 1.82 bits per heavy atom. The monoisotopic (exact) mass is 653 g/mol. The molecule has 0 unspecified atom stereocenters. The van der Waals surface area contributed by atoms with Gasteiger partial charge in [0.05, 0.1) is 22.8 Å². The number of carboxylic acids is 1. The Morgan fingerprint density at radius 1 is 1.21 bits per heavy atom. The first-order valence-electron chi connectivity index (χ1n) is 11.6. The Labute approximate surface area is 235 Å². The number of benzene rings is 1. The van der Waals surface area contributed by atoms with Crippen LogP contribution in [0.3, 0.4) is 0 Å². The van der Waals surface area contributed by atoms with Crippen molar-refractivity contribution in [2.75, 3.05) is 34.3 Å². The molecule has 1 aromatic carbocycles. The Hall–Kier alpha value is -2.62. The summed E-state index contributed by atoms with van der Waals surface area (Å²) in [6.45, 7) is 1.93. The fourth-order valence-electron chi connectivity index (χ4n) is 4.12. The van der Waals surface area contributed by atoms with Gasteiger partial charge in [0, 0.05) is 24.7 Å². The number of likely N-dealkylation sites (tertiary alicyclic amines) is 1. The number of ether oxygens (including phenoxy) is 1. The van der Waals surface area contributed by atoms with Crippen molar-refractivity contribution in [2.45, 2.75) is 35.7 Å². The van der Waals surface area contributed by atoms with E-state index in [1.807, 2.05) is 11.9 Å². The van der Waals surface area contributed by atoms with Gasteiger partial charge in [-0.25, -0.2) is 8.77 Å². The molecule has 1 aliphatic heterocycles. The molecule has 4 rings (SSSR count). The maximum Gasteiger partial charge on any atom is 0.490 e. The average Bonchev–Trinajstić information content (AvgIpc) is 3.48. The molecule has 0 aliphatic carbocycles. The Kier molecular flexibility index (Phi) is 9.73. The lowest BCUT2D eigenvalue weighted by Crippen LogP contribution is -2.44. The number of aromatic nitrogens is 1. The van der Waals surface area contributed by atoms with Crippen LogP contribution in [-0.4, -0.2) is 85.7 Å². The van der Waals surface area contributed by atoms with Gasteiger partial charge in [-0.1, -0.05) is 0 Å². The minimum Gasteiger partial charge on any atom is -0.497 e. The summed E-state index contributed by atoms with van der Waals surface area (Å²) in [6.07, 6.45) is -1.50. The molecule has 2 aromatic heterocycles. The van der Waals surface area contributed by atoms with E-state index in [4.69, 9.17) is 14.6 Å². The number of halogens is 4. The maximum atomic E-state index is 13.3. The third kappa shape index (κ3) is 7.32. The first kappa shape index (κ1) is 30.9. The fraction of sp³-hybridized carbons (Fsp3) is 0.417. The van der Waals surface area contributed by atoms with E-state index in [1.54, 1.807) is 43.6 Å². The number of methoxy groups -OCH3 is 1. The Bertz CT molecular complexity index is 1450. The number of piperidine rings is 1. The van der Waals surface area contributed by atoms with Gasteiger partial charge in [-0.15, -0.1) is 11.3 Å². The number of fused-ring (bicyclic) bond motifs is 1. The van der Waals surface area contributed by atoms with Crippen molar-refractivity contribution in [1.29, 1.82) is 0 Å². The van der Waals surface area contributed by atoms with E-state index in [0.29, 0.717) is 22.2 Å². The quantitative estimate of drug-likeness (QED) is 0.419. The summed E-state index contributed by atoms with van der Waals surface area (Å²) >= 11 is 4.49. The lowest BCUT2D eigenvalue weighted by Gasteiger charge is -2.35. The van der Waals surface area contributed by atoms with Crippen molar-refractivity contribution in [2.24, 2.45) is 0 Å². The van der Waals surface area contributed by atoms with Crippen LogP contribution >= 0.6 is 27.3 Å². The van der Waals surface area contributed by atoms with Crippen LogP contribution in [0.15, 0.2) is 44.5 Å². The van der Waals surface area contributed by atoms with Gasteiger partial charge in [-0.05, 0) is 84.8 Å². The topological polar surface area (TPSA) is 109 Å². The predicted molar refractivity (Wildman–Crippen MR) is 144 cm³/mol. The molecule has 15 heteroatoms. The van der Waals surface area contributed by atoms with Gasteiger partial charge in [0.15, 0.2) is 0 Å². The van der Waals surface area contributed by atoms with Crippen LogP contribution in [0.1, 0.15) is 18.4 Å². The van der Waals surface area contributed by atoms with Crippen LogP contribution in [0.4, 0.5) is 13.2 Å². The second-order valence-corrected chi connectivity index (χ2v) is 13.4. The highest BCUT2D eigenvalue weighted by Gasteiger charge is 2.38. The van der Waals surface area contributed by atoms with Crippen molar-refractivity contribution in [3.05, 3.63) is 45.9 Å². The number of hydrogen-bond donors (Lipinski definition) is 1. The number of carboxylic acid groups (broad SMARTS) is 1. The first-order chi connectivity index (χ1) is 18.1. The molecule has 39 heavy (non-hydrogen) atoms. The molecule has 0 spiro atoms. The van der Waals surface area contributed by atoms with Crippen molar-refractivity contribution in [3.8, 4) is 5.75 Å². The molecular formula is C24H27BrF3N3O6S2. The van der Waals surface area contributed by atoms with E-state index in [1.165, 1.54) is 3.97 Å². The molecule has 3 aromatic rings. The zero-order valence-electron chi connectivity index (χ0n) is 21.2. The van der Waals surface area contributed by atoms with Crippen molar-refractivity contribution < 1.29 is 41.0 Å². The second-order valence-electron chi connectivity index (χ2n) is 8.92. The molecule has 1 N–H and O–H groups in total. The van der Waals surface area contributed by atoms with Crippen molar-refractivity contribution in [3.63, 3.8) is 0 Å². The van der Waals surface area contributed by atoms with Gasteiger partial charge >= 0.3 is 12.1 Å². The maximum absolute atomic E-state index is 13.3. The molecule has 0 radical (unpaired) electrons. The standard InChI is InChI=1S/C22H26BrN3O4S2.C2HF3O2/c1-24-10-8-16(9-11-24)25(2)21(27)12-15-14-26(19-5-4-17(30-3)13-18(15)19)32(28,29)22-7-6-20(23)31-22;3-2(4,5)1(6)7/h4-7,13-14,16H,8-12H2,1-3H3;(H,6,7). The van der Waals surface area contributed by atoms with Crippen molar-refractivity contribution in [1.82, 2.24) is 13.8 Å². The number of hydrogen-bond acceptors (Lipinski definition) is 7. The van der Waals surface area contributed by atoms with E-state index in [0.717, 1.165) is 41.1 Å². The summed E-state index contributed by atoms with van der Waals surface area (Å²) in [4.78, 5) is 26.1. The van der Waals surface area contributed by atoms with Crippen LogP contribution in [0.2, 0.25) is 0 Å². The molecule has 0 saturated carbocycles. The average molecular weight is 655 g/mol. The second kappa shape index (κ2) is 12.3. The third-order valence-corrected chi connectivity index (χ3v) is 10.1. The molecule has 9 nitrogen and oxygen atoms in total. The lowest BCUT2D eigenvalue weighted by molar-refractivity contribution is -0.192. The number of thiophene rings is 1. The number of carbonyl (C=O) groups excluding carboxylic acids is 1. The zero-order valence-corrected chi connectivity index (χ0v) is 24.5. The molecule has 214 valence electrons. The summed E-state index contributed by atoms with van der Waals surface area (Å²) in [6, 6.07) is 8.75. The van der Waals surface area contributed by atoms with Gasteiger partial charge in [0.1, 0.15) is 9.96 Å². The van der Waals surface area contributed by atoms with Gasteiger partial charge in [-0.3, -0.25) is 4.79 Å². The van der Waals surface area contributed by atoms with Gasteiger partial charge in [0.25, 0.3) is 10.0 Å². The van der Waals surface area contributed by atoms with E-state index in [-0.39, 0.29) is 22.6 Å². The molecule has 1 saturated heterocycles. The van der Waals surface area contributed by atoms with E-state index >= 15 is 0 Å². The largest absolute Gasteiger partial charge is 0.497 e. The Balaban J connectivity index is 0.000000532. The molecule has 1 amide bonds. The normalized spacial score (nSPS) is 15.1. The molecule has 0 bridgehead atoms. The highest BCUT2D eigenvalue weighted by molar-refractivity contribution is 9.11. The van der Waals surface area contributed by atoms with Crippen LogP contribution in [0.25, 0.3) is 10.9 Å². The number of aliphatic carboxylic acids is 1. The molecule has 1 aliphatic rings. The van der Waals surface area contributed by atoms with Crippen LogP contribution < -0.4 is 4.74 Å². The van der Waals surface area contributed by atoms with Gasteiger partial charge in [-0.2, -0.15) is 21.6 Å². The van der Waals surface area contributed by atoms with Gasteiger partial charge in [0.2, 0.25) is 5.91 Å². The highest BCUT2D eigenvalue weighted by Crippen LogP contribution is 2.33. The number of likely N-dealkylation sites (N-methyl/N-ethyl adjacent to an activating group) is 1. The molecule has 1 fully saturated rings. The first-order valence-corrected chi connectivity index (χ1v) is 14.6. The lowest BCUT2D eigenvalue weighted by atomic mass is 10.0.